The molecular formula is C20H32O3. The predicted octanol–water partition coefficient (Wildman–Crippen LogP) is 5.05. The fraction of sp³-hybridized carbons (Fsp3) is 0.650. The number of unbranched alkanes of at least 4 members (excludes halogenated alkanes) is 4. The van der Waals surface area contributed by atoms with Gasteiger partial charge in [0.1, 0.15) is 5.75 Å². The van der Waals surface area contributed by atoms with Crippen molar-refractivity contribution in [3.8, 4) is 5.75 Å². The molecule has 0 spiro atoms. The van der Waals surface area contributed by atoms with E-state index in [-0.39, 0.29) is 17.8 Å². The number of aryl methyl sites for hydroxylation is 1. The van der Waals surface area contributed by atoms with E-state index in [0.717, 1.165) is 29.5 Å². The average Bonchev–Trinajstić information content (AvgIpc) is 2.45. The van der Waals surface area contributed by atoms with Gasteiger partial charge in [-0.25, -0.2) is 0 Å². The van der Waals surface area contributed by atoms with Crippen molar-refractivity contribution in [3.63, 3.8) is 0 Å². The van der Waals surface area contributed by atoms with E-state index in [0.29, 0.717) is 12.4 Å². The first-order valence-corrected chi connectivity index (χ1v) is 8.74. The van der Waals surface area contributed by atoms with Gasteiger partial charge in [-0.15, -0.1) is 0 Å². The third-order valence-electron chi connectivity index (χ3n) is 4.03. The normalized spacial score (nSPS) is 11.5. The Morgan fingerprint density at radius 2 is 1.78 bits per heavy atom. The Kier molecular flexibility index (Phi) is 7.60. The number of carbonyl (C=O) groups is 1. The highest BCUT2D eigenvalue weighted by Crippen LogP contribution is 2.34. The van der Waals surface area contributed by atoms with Crippen LogP contribution >= 0.6 is 0 Å². The molecule has 1 N–H and O–H groups in total. The van der Waals surface area contributed by atoms with Crippen LogP contribution in [0.5, 0.6) is 5.75 Å². The third-order valence-corrected chi connectivity index (χ3v) is 4.03. The summed E-state index contributed by atoms with van der Waals surface area (Å²) >= 11 is 0. The van der Waals surface area contributed by atoms with Crippen LogP contribution in [0.1, 0.15) is 76.5 Å². The first kappa shape index (κ1) is 19.5. The summed E-state index contributed by atoms with van der Waals surface area (Å²) in [6.07, 6.45) is 5.99. The Morgan fingerprint density at radius 3 is 2.39 bits per heavy atom. The first-order valence-electron chi connectivity index (χ1n) is 8.74. The summed E-state index contributed by atoms with van der Waals surface area (Å²) in [6.45, 7) is 10.7. The molecule has 0 atom stereocenters. The van der Waals surface area contributed by atoms with E-state index in [2.05, 4.69) is 27.7 Å². The van der Waals surface area contributed by atoms with Crippen LogP contribution in [-0.2, 0) is 21.4 Å². The zero-order valence-corrected chi connectivity index (χ0v) is 15.4. The van der Waals surface area contributed by atoms with Crippen LogP contribution in [0.2, 0.25) is 0 Å². The molecule has 1 aromatic carbocycles. The van der Waals surface area contributed by atoms with Crippen LogP contribution in [-0.4, -0.2) is 17.7 Å². The SMILES string of the molecule is CCCCCCCOC(=O)Cc1cc(C)c(O)c(C(C)(C)C)c1. The highest BCUT2D eigenvalue weighted by atomic mass is 16.5. The number of carbonyl (C=O) groups excluding carboxylic acids is 1. The lowest BCUT2D eigenvalue weighted by Gasteiger charge is -2.22. The Balaban J connectivity index is 2.57. The van der Waals surface area contributed by atoms with Crippen molar-refractivity contribution in [2.45, 2.75) is 78.6 Å². The molecule has 0 amide bonds. The Morgan fingerprint density at radius 1 is 1.13 bits per heavy atom. The minimum Gasteiger partial charge on any atom is -0.507 e. The van der Waals surface area contributed by atoms with E-state index in [1.807, 2.05) is 19.1 Å². The van der Waals surface area contributed by atoms with E-state index in [1.165, 1.54) is 19.3 Å². The molecule has 0 radical (unpaired) electrons. The molecule has 0 saturated heterocycles. The van der Waals surface area contributed by atoms with Gasteiger partial charge in [-0.3, -0.25) is 4.79 Å². The number of aromatic hydroxyl groups is 1. The monoisotopic (exact) mass is 320 g/mol. The number of rotatable bonds is 8. The van der Waals surface area contributed by atoms with Crippen LogP contribution in [0.25, 0.3) is 0 Å². The molecule has 1 rings (SSSR count). The number of benzene rings is 1. The van der Waals surface area contributed by atoms with Gasteiger partial charge in [0, 0.05) is 0 Å². The minimum absolute atomic E-state index is 0.159. The summed E-state index contributed by atoms with van der Waals surface area (Å²) in [5, 5.41) is 10.2. The highest BCUT2D eigenvalue weighted by molar-refractivity contribution is 5.73. The Hall–Kier alpha value is -1.51. The molecular weight excluding hydrogens is 288 g/mol. The van der Waals surface area contributed by atoms with Crippen molar-refractivity contribution in [1.82, 2.24) is 0 Å². The van der Waals surface area contributed by atoms with Gasteiger partial charge in [-0.2, -0.15) is 0 Å². The number of phenolic OH excluding ortho intramolecular Hbond substituents is 1. The van der Waals surface area contributed by atoms with Gasteiger partial charge in [-0.1, -0.05) is 65.5 Å². The number of hydrogen-bond acceptors (Lipinski definition) is 3. The number of hydrogen-bond donors (Lipinski definition) is 1. The molecule has 1 aromatic rings. The molecule has 0 aliphatic carbocycles. The molecule has 0 saturated carbocycles. The summed E-state index contributed by atoms with van der Waals surface area (Å²) in [5.74, 6) is 0.135. The zero-order chi connectivity index (χ0) is 17.5. The molecule has 3 nitrogen and oxygen atoms in total. The molecule has 0 fully saturated rings. The maximum Gasteiger partial charge on any atom is 0.310 e. The van der Waals surface area contributed by atoms with E-state index in [9.17, 15) is 9.90 Å². The predicted molar refractivity (Wildman–Crippen MR) is 95.0 cm³/mol. The molecule has 0 bridgehead atoms. The van der Waals surface area contributed by atoms with Crippen molar-refractivity contribution in [3.05, 3.63) is 28.8 Å². The van der Waals surface area contributed by atoms with Crippen LogP contribution in [0.3, 0.4) is 0 Å². The average molecular weight is 320 g/mol. The lowest BCUT2D eigenvalue weighted by Crippen LogP contribution is -2.14. The van der Waals surface area contributed by atoms with Crippen molar-refractivity contribution >= 4 is 5.97 Å². The summed E-state index contributed by atoms with van der Waals surface area (Å²) in [7, 11) is 0. The molecule has 0 unspecified atom stereocenters. The lowest BCUT2D eigenvalue weighted by atomic mass is 9.84. The lowest BCUT2D eigenvalue weighted by molar-refractivity contribution is -0.142. The van der Waals surface area contributed by atoms with Gasteiger partial charge < -0.3 is 9.84 Å². The largest absolute Gasteiger partial charge is 0.507 e. The molecule has 0 aromatic heterocycles. The second-order valence-electron chi connectivity index (χ2n) is 7.37. The molecule has 0 aliphatic heterocycles. The zero-order valence-electron chi connectivity index (χ0n) is 15.4. The van der Waals surface area contributed by atoms with E-state index < -0.39 is 0 Å². The molecule has 0 heterocycles. The van der Waals surface area contributed by atoms with E-state index >= 15 is 0 Å². The number of phenols is 1. The van der Waals surface area contributed by atoms with E-state index in [4.69, 9.17) is 4.74 Å². The van der Waals surface area contributed by atoms with Crippen molar-refractivity contribution in [2.24, 2.45) is 0 Å². The quantitative estimate of drug-likeness (QED) is 0.538. The number of esters is 1. The maximum absolute atomic E-state index is 12.0. The van der Waals surface area contributed by atoms with E-state index in [1.54, 1.807) is 0 Å². The second-order valence-corrected chi connectivity index (χ2v) is 7.37. The summed E-state index contributed by atoms with van der Waals surface area (Å²) in [6, 6.07) is 3.79. The van der Waals surface area contributed by atoms with Crippen LogP contribution in [0, 0.1) is 6.92 Å². The third kappa shape index (κ3) is 6.64. The Bertz CT molecular complexity index is 512. The Labute approximate surface area is 141 Å². The molecule has 130 valence electrons. The highest BCUT2D eigenvalue weighted by Gasteiger charge is 2.20. The van der Waals surface area contributed by atoms with Crippen LogP contribution in [0.4, 0.5) is 0 Å². The van der Waals surface area contributed by atoms with Crippen molar-refractivity contribution in [1.29, 1.82) is 0 Å². The fourth-order valence-corrected chi connectivity index (χ4v) is 2.64. The van der Waals surface area contributed by atoms with Gasteiger partial charge in [-0.05, 0) is 35.4 Å². The molecule has 0 aliphatic rings. The maximum atomic E-state index is 12.0. The second kappa shape index (κ2) is 8.95. The van der Waals surface area contributed by atoms with Gasteiger partial charge >= 0.3 is 5.97 Å². The van der Waals surface area contributed by atoms with Gasteiger partial charge in [0.05, 0.1) is 13.0 Å². The topological polar surface area (TPSA) is 46.5 Å². The van der Waals surface area contributed by atoms with Crippen molar-refractivity contribution < 1.29 is 14.6 Å². The fourth-order valence-electron chi connectivity index (χ4n) is 2.64. The van der Waals surface area contributed by atoms with Gasteiger partial charge in [0.2, 0.25) is 0 Å². The van der Waals surface area contributed by atoms with Gasteiger partial charge in [0.25, 0.3) is 0 Å². The van der Waals surface area contributed by atoms with Gasteiger partial charge in [0.15, 0.2) is 0 Å². The number of ether oxygens (including phenoxy) is 1. The van der Waals surface area contributed by atoms with Crippen molar-refractivity contribution in [2.75, 3.05) is 6.61 Å². The standard InChI is InChI=1S/C20H32O3/c1-6-7-8-9-10-11-23-18(21)14-16-12-15(2)19(22)17(13-16)20(3,4)5/h12-13,22H,6-11,14H2,1-5H3. The summed E-state index contributed by atoms with van der Waals surface area (Å²) in [4.78, 5) is 12.0. The molecule has 23 heavy (non-hydrogen) atoms. The molecule has 3 heteroatoms. The summed E-state index contributed by atoms with van der Waals surface area (Å²) in [5.41, 5.74) is 2.43. The summed E-state index contributed by atoms with van der Waals surface area (Å²) < 4.78 is 5.32. The van der Waals surface area contributed by atoms with Crippen LogP contribution < -0.4 is 0 Å². The first-order chi connectivity index (χ1) is 10.8. The smallest absolute Gasteiger partial charge is 0.310 e. The van der Waals surface area contributed by atoms with Crippen LogP contribution in [0.15, 0.2) is 12.1 Å². The minimum atomic E-state index is -0.189.